The van der Waals surface area contributed by atoms with Crippen molar-refractivity contribution in [1.82, 2.24) is 0 Å². The molecule has 0 aliphatic carbocycles. The van der Waals surface area contributed by atoms with E-state index in [0.717, 1.165) is 0 Å². The summed E-state index contributed by atoms with van der Waals surface area (Å²) in [6.45, 7) is 7.27. The first kappa shape index (κ1) is 7.30. The zero-order valence-electron chi connectivity index (χ0n) is 4.43. The summed E-state index contributed by atoms with van der Waals surface area (Å²) in [4.78, 5) is 0. The number of allylic oxidation sites excluding steroid dienone is 2. The van der Waals surface area contributed by atoms with E-state index >= 15 is 0 Å². The van der Waals surface area contributed by atoms with Crippen molar-refractivity contribution in [3.63, 3.8) is 0 Å². The minimum absolute atomic E-state index is 0.0931. The van der Waals surface area contributed by atoms with E-state index < -0.39 is 0 Å². The van der Waals surface area contributed by atoms with Crippen LogP contribution in [0.2, 0.25) is 8.73 Å². The third-order valence-electron chi connectivity index (χ3n) is 0.516. The number of hydrogen-bond acceptors (Lipinski definition) is 0. The van der Waals surface area contributed by atoms with Gasteiger partial charge in [0.2, 0.25) is 0 Å². The van der Waals surface area contributed by atoms with E-state index in [1.165, 1.54) is 8.73 Å². The molecule has 0 saturated heterocycles. The van der Waals surface area contributed by atoms with Gasteiger partial charge in [-0.05, 0) is 0 Å². The van der Waals surface area contributed by atoms with E-state index in [0.29, 0.717) is 0 Å². The van der Waals surface area contributed by atoms with Gasteiger partial charge in [0.25, 0.3) is 0 Å². The molecule has 0 spiro atoms. The molecule has 0 fully saturated rings. The van der Waals surface area contributed by atoms with Crippen LogP contribution in [0.3, 0.4) is 0 Å². The van der Waals surface area contributed by atoms with Gasteiger partial charge in [0.1, 0.15) is 0 Å². The van der Waals surface area contributed by atoms with Crippen molar-refractivity contribution in [3.8, 4) is 0 Å². The van der Waals surface area contributed by atoms with E-state index in [9.17, 15) is 0 Å². The molecule has 0 N–H and O–H groups in total. The zero-order chi connectivity index (χ0) is 5.54. The fourth-order valence-corrected chi connectivity index (χ4v) is 1.72. The van der Waals surface area contributed by atoms with Crippen molar-refractivity contribution < 1.29 is 0 Å². The summed E-state index contributed by atoms with van der Waals surface area (Å²) in [5, 5.41) is 0. The Morgan fingerprint density at radius 2 is 1.57 bits per heavy atom. The molecular formula is C6H10Sb. The molecule has 0 atom stereocenters. The molecule has 1 radical (unpaired) electrons. The number of rotatable bonds is 4. The average Bonchev–Trinajstić information content (AvgIpc) is 1.69. The summed E-state index contributed by atoms with van der Waals surface area (Å²) in [5.74, 6) is 0. The average molecular weight is 204 g/mol. The van der Waals surface area contributed by atoms with Crippen LogP contribution < -0.4 is 0 Å². The van der Waals surface area contributed by atoms with E-state index in [-0.39, 0.29) is 21.6 Å². The Hall–Kier alpha value is 0.298. The molecule has 0 bridgehead atoms. The van der Waals surface area contributed by atoms with Crippen LogP contribution in [0, 0.1) is 0 Å². The molecule has 0 aromatic heterocycles. The fraction of sp³-hybridized carbons (Fsp3) is 0.333. The summed E-state index contributed by atoms with van der Waals surface area (Å²) >= 11 is 0.0931. The first-order valence-corrected chi connectivity index (χ1v) is 5.88. The van der Waals surface area contributed by atoms with E-state index in [1.54, 1.807) is 0 Å². The van der Waals surface area contributed by atoms with Crippen LogP contribution in [0.15, 0.2) is 25.3 Å². The van der Waals surface area contributed by atoms with Crippen molar-refractivity contribution in [2.45, 2.75) is 8.73 Å². The Labute approximate surface area is 55.8 Å². The molecule has 0 aromatic carbocycles. The molecule has 0 nitrogen and oxygen atoms in total. The van der Waals surface area contributed by atoms with Crippen LogP contribution in [-0.2, 0) is 0 Å². The van der Waals surface area contributed by atoms with Crippen molar-refractivity contribution in [2.75, 3.05) is 0 Å². The van der Waals surface area contributed by atoms with Crippen LogP contribution in [0.1, 0.15) is 0 Å². The molecule has 0 unspecified atom stereocenters. The Morgan fingerprint density at radius 1 is 1.14 bits per heavy atom. The molecule has 0 aromatic rings. The van der Waals surface area contributed by atoms with Crippen LogP contribution in [0.25, 0.3) is 0 Å². The van der Waals surface area contributed by atoms with Crippen molar-refractivity contribution in [1.29, 1.82) is 0 Å². The van der Waals surface area contributed by atoms with E-state index in [1.807, 2.05) is 12.2 Å². The summed E-state index contributed by atoms with van der Waals surface area (Å²) in [6, 6.07) is 0. The summed E-state index contributed by atoms with van der Waals surface area (Å²) in [7, 11) is 0. The Morgan fingerprint density at radius 3 is 1.86 bits per heavy atom. The van der Waals surface area contributed by atoms with Crippen LogP contribution in [0.5, 0.6) is 0 Å². The van der Waals surface area contributed by atoms with Gasteiger partial charge >= 0.3 is 55.7 Å². The molecule has 0 rings (SSSR count). The monoisotopic (exact) mass is 203 g/mol. The summed E-state index contributed by atoms with van der Waals surface area (Å²) < 4.78 is 2.53. The van der Waals surface area contributed by atoms with Gasteiger partial charge in [-0.1, -0.05) is 0 Å². The maximum absolute atomic E-state index is 3.64. The van der Waals surface area contributed by atoms with Gasteiger partial charge in [-0.25, -0.2) is 0 Å². The maximum atomic E-state index is 3.64. The zero-order valence-corrected chi connectivity index (χ0v) is 6.98. The third kappa shape index (κ3) is 6.30. The third-order valence-corrected chi connectivity index (χ3v) is 3.46. The van der Waals surface area contributed by atoms with Crippen LogP contribution in [0.4, 0.5) is 0 Å². The second-order valence-electron chi connectivity index (χ2n) is 1.17. The van der Waals surface area contributed by atoms with Gasteiger partial charge in [0.05, 0.1) is 0 Å². The van der Waals surface area contributed by atoms with Gasteiger partial charge < -0.3 is 0 Å². The van der Waals surface area contributed by atoms with Crippen molar-refractivity contribution in [3.05, 3.63) is 25.3 Å². The first-order valence-electron chi connectivity index (χ1n) is 2.27. The molecule has 0 aliphatic heterocycles. The predicted octanol–water partition coefficient (Wildman–Crippen LogP) is 1.90. The Balaban J connectivity index is 2.68. The quantitative estimate of drug-likeness (QED) is 0.372. The summed E-state index contributed by atoms with van der Waals surface area (Å²) in [6.07, 6.45) is 4.00. The second kappa shape index (κ2) is 6.30. The van der Waals surface area contributed by atoms with Gasteiger partial charge in [-0.3, -0.25) is 0 Å². The topological polar surface area (TPSA) is 0 Å². The van der Waals surface area contributed by atoms with E-state index in [4.69, 9.17) is 0 Å². The summed E-state index contributed by atoms with van der Waals surface area (Å²) in [5.41, 5.74) is 0. The van der Waals surface area contributed by atoms with Crippen molar-refractivity contribution in [2.24, 2.45) is 0 Å². The molecule has 0 aliphatic rings. The molecular weight excluding hydrogens is 194 g/mol. The van der Waals surface area contributed by atoms with Crippen LogP contribution in [-0.4, -0.2) is 21.6 Å². The Bertz CT molecular complexity index is 49.2. The number of hydrogen-bond donors (Lipinski definition) is 0. The van der Waals surface area contributed by atoms with Gasteiger partial charge in [-0.15, -0.1) is 0 Å². The molecule has 39 valence electrons. The van der Waals surface area contributed by atoms with Gasteiger partial charge in [0.15, 0.2) is 0 Å². The standard InChI is InChI=1S/2C3H5.Sb/c2*1-3-2;/h2*3H,1-2H2;. The normalized spacial score (nSPS) is 8.00. The second-order valence-corrected chi connectivity index (χ2v) is 4.53. The van der Waals surface area contributed by atoms with E-state index in [2.05, 4.69) is 13.2 Å². The fourth-order valence-electron chi connectivity index (χ4n) is 0.257. The molecule has 0 heterocycles. The Kier molecular flexibility index (Phi) is 6.57. The molecule has 7 heavy (non-hydrogen) atoms. The van der Waals surface area contributed by atoms with Gasteiger partial charge in [-0.2, -0.15) is 0 Å². The SMILES string of the molecule is C=C[CH2][Sb][CH2]C=C. The predicted molar refractivity (Wildman–Crippen MR) is 35.8 cm³/mol. The van der Waals surface area contributed by atoms with Crippen molar-refractivity contribution >= 4 is 21.6 Å². The van der Waals surface area contributed by atoms with Gasteiger partial charge in [0, 0.05) is 0 Å². The first-order chi connectivity index (χ1) is 3.41. The minimum atomic E-state index is 0.0931. The van der Waals surface area contributed by atoms with Crippen LogP contribution >= 0.6 is 0 Å². The molecule has 1 heteroatoms. The molecule has 0 amide bonds. The molecule has 0 saturated carbocycles.